The smallest absolute Gasteiger partial charge is 0.350 e. The Labute approximate surface area is 183 Å². The standard InChI is InChI=1S/C20H20BrN5O3S/c1-2-3-9-24-18(28)17-15(8-10-30-17)26-19(24)23-25(20(26)29)12-16(27)22-11-13-6-4-5-7-14(13)21/h4-8,10H,2-3,9,11-12H2,1H3,(H,22,27). The molecular formula is C20H20BrN5O3S. The number of carbonyl (C=O) groups excluding carboxylic acids is 1. The van der Waals surface area contributed by atoms with Gasteiger partial charge in [-0.3, -0.25) is 14.2 Å². The van der Waals surface area contributed by atoms with E-state index in [0.29, 0.717) is 23.3 Å². The van der Waals surface area contributed by atoms with E-state index in [2.05, 4.69) is 26.3 Å². The second kappa shape index (κ2) is 8.57. The van der Waals surface area contributed by atoms with E-state index in [1.54, 1.807) is 11.4 Å². The van der Waals surface area contributed by atoms with Crippen molar-refractivity contribution in [2.75, 3.05) is 0 Å². The Hall–Kier alpha value is -2.72. The third kappa shape index (κ3) is 3.72. The summed E-state index contributed by atoms with van der Waals surface area (Å²) >= 11 is 4.75. The average Bonchev–Trinajstić information content (AvgIpc) is 3.33. The van der Waals surface area contributed by atoms with Crippen LogP contribution in [0.2, 0.25) is 0 Å². The number of unbranched alkanes of at least 4 members (excludes halogenated alkanes) is 1. The molecule has 0 atom stereocenters. The Bertz CT molecular complexity index is 1350. The van der Waals surface area contributed by atoms with Crippen LogP contribution in [-0.2, 0) is 24.4 Å². The molecule has 156 valence electrons. The van der Waals surface area contributed by atoms with Crippen LogP contribution in [-0.4, -0.2) is 24.7 Å². The van der Waals surface area contributed by atoms with Crippen molar-refractivity contribution in [3.8, 4) is 0 Å². The summed E-state index contributed by atoms with van der Waals surface area (Å²) in [4.78, 5) is 38.3. The van der Waals surface area contributed by atoms with Gasteiger partial charge in [-0.05, 0) is 29.5 Å². The van der Waals surface area contributed by atoms with E-state index in [0.717, 1.165) is 27.6 Å². The summed E-state index contributed by atoms with van der Waals surface area (Å²) in [5.41, 5.74) is 0.866. The van der Waals surface area contributed by atoms with Gasteiger partial charge in [-0.2, -0.15) is 0 Å². The van der Waals surface area contributed by atoms with Gasteiger partial charge in [-0.25, -0.2) is 13.9 Å². The van der Waals surface area contributed by atoms with Crippen LogP contribution in [0.4, 0.5) is 0 Å². The van der Waals surface area contributed by atoms with Gasteiger partial charge in [0.15, 0.2) is 0 Å². The van der Waals surface area contributed by atoms with Gasteiger partial charge in [0, 0.05) is 17.6 Å². The highest BCUT2D eigenvalue weighted by molar-refractivity contribution is 9.10. The van der Waals surface area contributed by atoms with Gasteiger partial charge in [0.1, 0.15) is 11.2 Å². The number of aromatic nitrogens is 4. The Morgan fingerprint density at radius 3 is 2.80 bits per heavy atom. The summed E-state index contributed by atoms with van der Waals surface area (Å²) in [5, 5.41) is 8.92. The Kier molecular flexibility index (Phi) is 5.87. The zero-order valence-electron chi connectivity index (χ0n) is 16.3. The summed E-state index contributed by atoms with van der Waals surface area (Å²) in [7, 11) is 0. The van der Waals surface area contributed by atoms with E-state index in [1.165, 1.54) is 20.3 Å². The molecular weight excluding hydrogens is 470 g/mol. The topological polar surface area (TPSA) is 90.4 Å². The highest BCUT2D eigenvalue weighted by atomic mass is 79.9. The maximum absolute atomic E-state index is 13.0. The molecule has 3 heterocycles. The lowest BCUT2D eigenvalue weighted by Gasteiger charge is -2.06. The molecule has 0 bridgehead atoms. The number of rotatable bonds is 7. The van der Waals surface area contributed by atoms with E-state index < -0.39 is 5.69 Å². The molecule has 30 heavy (non-hydrogen) atoms. The van der Waals surface area contributed by atoms with E-state index in [9.17, 15) is 14.4 Å². The predicted octanol–water partition coefficient (Wildman–Crippen LogP) is 2.75. The number of aryl methyl sites for hydroxylation is 1. The molecule has 0 aliphatic heterocycles. The fourth-order valence-corrected chi connectivity index (χ4v) is 4.53. The van der Waals surface area contributed by atoms with Crippen LogP contribution >= 0.6 is 27.3 Å². The molecule has 0 spiro atoms. The zero-order chi connectivity index (χ0) is 21.3. The normalized spacial score (nSPS) is 11.4. The third-order valence-corrected chi connectivity index (χ3v) is 6.52. The lowest BCUT2D eigenvalue weighted by Crippen LogP contribution is -2.32. The summed E-state index contributed by atoms with van der Waals surface area (Å²) in [6.45, 7) is 2.61. The summed E-state index contributed by atoms with van der Waals surface area (Å²) < 4.78 is 5.47. The lowest BCUT2D eigenvalue weighted by atomic mass is 10.2. The molecule has 0 saturated heterocycles. The van der Waals surface area contributed by atoms with Gasteiger partial charge in [0.05, 0.1) is 5.52 Å². The first-order valence-corrected chi connectivity index (χ1v) is 11.3. The maximum Gasteiger partial charge on any atom is 0.352 e. The molecule has 1 amide bonds. The van der Waals surface area contributed by atoms with Crippen molar-refractivity contribution >= 4 is 49.2 Å². The van der Waals surface area contributed by atoms with Crippen LogP contribution in [0.5, 0.6) is 0 Å². The Balaban J connectivity index is 1.67. The number of fused-ring (bicyclic) bond motifs is 3. The van der Waals surface area contributed by atoms with Gasteiger partial charge in [-0.1, -0.05) is 47.5 Å². The summed E-state index contributed by atoms with van der Waals surface area (Å²) in [5.74, 6) is -0.0665. The lowest BCUT2D eigenvalue weighted by molar-refractivity contribution is -0.122. The zero-order valence-corrected chi connectivity index (χ0v) is 18.7. The predicted molar refractivity (Wildman–Crippen MR) is 120 cm³/mol. The van der Waals surface area contributed by atoms with E-state index in [-0.39, 0.29) is 23.8 Å². The molecule has 0 fully saturated rings. The Morgan fingerprint density at radius 2 is 2.03 bits per heavy atom. The fraction of sp³-hybridized carbons (Fsp3) is 0.300. The second-order valence-electron chi connectivity index (χ2n) is 6.89. The number of thiophene rings is 1. The number of amides is 1. The van der Waals surface area contributed by atoms with Crippen molar-refractivity contribution in [2.24, 2.45) is 0 Å². The van der Waals surface area contributed by atoms with E-state index >= 15 is 0 Å². The fourth-order valence-electron chi connectivity index (χ4n) is 3.28. The minimum absolute atomic E-state index is 0.156. The van der Waals surface area contributed by atoms with Gasteiger partial charge in [0.25, 0.3) is 5.56 Å². The maximum atomic E-state index is 13.0. The number of hydrogen-bond acceptors (Lipinski definition) is 5. The number of benzene rings is 1. The molecule has 0 saturated carbocycles. The number of nitrogens with zero attached hydrogens (tertiary/aromatic N) is 4. The molecule has 0 radical (unpaired) electrons. The molecule has 0 aliphatic rings. The molecule has 3 aromatic heterocycles. The average molecular weight is 490 g/mol. The van der Waals surface area contributed by atoms with Gasteiger partial charge in [0.2, 0.25) is 11.7 Å². The second-order valence-corrected chi connectivity index (χ2v) is 8.66. The summed E-state index contributed by atoms with van der Waals surface area (Å²) in [6, 6.07) is 9.32. The number of hydrogen-bond donors (Lipinski definition) is 1. The van der Waals surface area contributed by atoms with E-state index in [1.807, 2.05) is 31.2 Å². The van der Waals surface area contributed by atoms with Crippen molar-refractivity contribution in [3.63, 3.8) is 0 Å². The monoisotopic (exact) mass is 489 g/mol. The molecule has 0 unspecified atom stereocenters. The highest BCUT2D eigenvalue weighted by Crippen LogP contribution is 2.18. The van der Waals surface area contributed by atoms with Crippen molar-refractivity contribution in [3.05, 3.63) is 66.6 Å². The highest BCUT2D eigenvalue weighted by Gasteiger charge is 2.19. The minimum atomic E-state index is -0.435. The molecule has 4 aromatic rings. The molecule has 0 aliphatic carbocycles. The molecule has 4 rings (SSSR count). The van der Waals surface area contributed by atoms with Crippen LogP contribution in [0.3, 0.4) is 0 Å². The quantitative estimate of drug-likeness (QED) is 0.432. The molecule has 10 heteroatoms. The first-order valence-electron chi connectivity index (χ1n) is 9.61. The van der Waals surface area contributed by atoms with Crippen LogP contribution < -0.4 is 16.6 Å². The number of halogens is 1. The van der Waals surface area contributed by atoms with Crippen molar-refractivity contribution < 1.29 is 4.79 Å². The first-order chi connectivity index (χ1) is 14.5. The van der Waals surface area contributed by atoms with Crippen LogP contribution in [0.1, 0.15) is 25.3 Å². The van der Waals surface area contributed by atoms with Crippen molar-refractivity contribution in [1.29, 1.82) is 0 Å². The van der Waals surface area contributed by atoms with Crippen molar-refractivity contribution in [1.82, 2.24) is 24.1 Å². The summed E-state index contributed by atoms with van der Waals surface area (Å²) in [6.07, 6.45) is 1.70. The number of carbonyl (C=O) groups is 1. The third-order valence-electron chi connectivity index (χ3n) is 4.85. The van der Waals surface area contributed by atoms with Gasteiger partial charge < -0.3 is 5.32 Å². The molecule has 1 aromatic carbocycles. The van der Waals surface area contributed by atoms with Gasteiger partial charge in [-0.15, -0.1) is 16.4 Å². The van der Waals surface area contributed by atoms with Crippen molar-refractivity contribution in [2.45, 2.75) is 39.4 Å². The molecule has 8 nitrogen and oxygen atoms in total. The Morgan fingerprint density at radius 1 is 1.23 bits per heavy atom. The van der Waals surface area contributed by atoms with Crippen LogP contribution in [0, 0.1) is 0 Å². The van der Waals surface area contributed by atoms with Gasteiger partial charge >= 0.3 is 5.69 Å². The molecule has 1 N–H and O–H groups in total. The first kappa shape index (κ1) is 20.5. The van der Waals surface area contributed by atoms with Crippen LogP contribution in [0.15, 0.2) is 49.8 Å². The largest absolute Gasteiger partial charge is 0.352 e. The van der Waals surface area contributed by atoms with Crippen LogP contribution in [0.25, 0.3) is 16.0 Å². The minimum Gasteiger partial charge on any atom is -0.350 e. The van der Waals surface area contributed by atoms with E-state index in [4.69, 9.17) is 0 Å². The SMILES string of the molecule is CCCCn1c(=O)c2sccc2n2c(=O)n(CC(=O)NCc3ccccc3Br)nc12. The number of nitrogens with one attached hydrogen (secondary N) is 1.